The highest BCUT2D eigenvalue weighted by molar-refractivity contribution is 8.02. The van der Waals surface area contributed by atoms with E-state index in [0.717, 1.165) is 0 Å². The van der Waals surface area contributed by atoms with Crippen LogP contribution in [0.25, 0.3) is 0 Å². The summed E-state index contributed by atoms with van der Waals surface area (Å²) in [6, 6.07) is 0. The molecule has 0 aliphatic carbocycles. The number of hydrogen-bond acceptors (Lipinski definition) is 5. The van der Waals surface area contributed by atoms with Crippen LogP contribution in [0.2, 0.25) is 0 Å². The molecule has 0 amide bonds. The Hall–Kier alpha value is -0.970. The molecule has 0 bridgehead atoms. The summed E-state index contributed by atoms with van der Waals surface area (Å²) in [6.07, 6.45) is 0. The molecular weight excluding hydrogens is 202 g/mol. The minimum atomic E-state index is -0.397. The molecule has 0 fully saturated rings. The van der Waals surface area contributed by atoms with Gasteiger partial charge in [0.15, 0.2) is 0 Å². The summed E-state index contributed by atoms with van der Waals surface area (Å²) in [5.74, 6) is 0.0431. The van der Waals surface area contributed by atoms with Crippen molar-refractivity contribution >= 4 is 23.5 Å². The van der Waals surface area contributed by atoms with Gasteiger partial charge in [-0.1, -0.05) is 0 Å². The Morgan fingerprint density at radius 3 is 2.57 bits per heavy atom. The van der Waals surface area contributed by atoms with E-state index in [9.17, 15) is 9.59 Å². The van der Waals surface area contributed by atoms with Crippen molar-refractivity contribution in [1.82, 2.24) is 5.32 Å². The third-order valence-corrected chi connectivity index (χ3v) is 2.23. The largest absolute Gasteiger partial charge is 0.461 e. The minimum absolute atomic E-state index is 0.0746. The lowest BCUT2D eigenvalue weighted by molar-refractivity contribution is -0.138. The van der Waals surface area contributed by atoms with Crippen molar-refractivity contribution in [1.29, 1.82) is 0 Å². The van der Waals surface area contributed by atoms with Crippen LogP contribution in [0.1, 0.15) is 13.8 Å². The zero-order valence-electron chi connectivity index (χ0n) is 8.62. The van der Waals surface area contributed by atoms with Gasteiger partial charge in [0.1, 0.15) is 11.5 Å². The van der Waals surface area contributed by atoms with Crippen LogP contribution in [-0.2, 0) is 14.3 Å². The number of carbonyl (C=O) groups excluding carboxylic acids is 2. The molecule has 0 aliphatic heterocycles. The van der Waals surface area contributed by atoms with E-state index >= 15 is 0 Å². The SMILES string of the molecule is CCOC(=O)/C(=C/SCC(C)=O)NC. The van der Waals surface area contributed by atoms with E-state index in [1.54, 1.807) is 19.4 Å². The molecule has 0 aromatic rings. The van der Waals surface area contributed by atoms with Crippen LogP contribution < -0.4 is 5.32 Å². The highest BCUT2D eigenvalue weighted by Crippen LogP contribution is 2.06. The van der Waals surface area contributed by atoms with Crippen molar-refractivity contribution in [2.24, 2.45) is 0 Å². The fourth-order valence-electron chi connectivity index (χ4n) is 0.660. The molecule has 4 nitrogen and oxygen atoms in total. The van der Waals surface area contributed by atoms with Gasteiger partial charge in [0, 0.05) is 12.5 Å². The first kappa shape index (κ1) is 13.0. The maximum absolute atomic E-state index is 11.2. The van der Waals surface area contributed by atoms with Crippen LogP contribution >= 0.6 is 11.8 Å². The summed E-state index contributed by atoms with van der Waals surface area (Å²) < 4.78 is 4.78. The third kappa shape index (κ3) is 5.64. The Morgan fingerprint density at radius 1 is 1.50 bits per heavy atom. The molecule has 80 valence electrons. The first-order chi connectivity index (χ1) is 6.61. The summed E-state index contributed by atoms with van der Waals surface area (Å²) in [7, 11) is 1.64. The number of thioether (sulfide) groups is 1. The number of hydrogen-bond donors (Lipinski definition) is 1. The first-order valence-electron chi connectivity index (χ1n) is 4.27. The lowest BCUT2D eigenvalue weighted by Gasteiger charge is -2.04. The number of ether oxygens (including phenoxy) is 1. The van der Waals surface area contributed by atoms with Crippen LogP contribution in [0.15, 0.2) is 11.1 Å². The van der Waals surface area contributed by atoms with Crippen molar-refractivity contribution in [2.75, 3.05) is 19.4 Å². The maximum atomic E-state index is 11.2. The molecule has 0 radical (unpaired) electrons. The summed E-state index contributed by atoms with van der Waals surface area (Å²) in [5.41, 5.74) is 0.373. The van der Waals surface area contributed by atoms with E-state index in [0.29, 0.717) is 18.1 Å². The molecule has 0 rings (SSSR count). The van der Waals surface area contributed by atoms with Crippen LogP contribution in [0.4, 0.5) is 0 Å². The fraction of sp³-hybridized carbons (Fsp3) is 0.556. The van der Waals surface area contributed by atoms with E-state index in [2.05, 4.69) is 5.32 Å². The monoisotopic (exact) mass is 217 g/mol. The number of likely N-dealkylation sites (N-methyl/N-ethyl adjacent to an activating group) is 1. The second-order valence-corrected chi connectivity index (χ2v) is 3.37. The molecule has 0 aromatic carbocycles. The van der Waals surface area contributed by atoms with Crippen molar-refractivity contribution < 1.29 is 14.3 Å². The molecule has 0 aromatic heterocycles. The molecule has 14 heavy (non-hydrogen) atoms. The number of esters is 1. The molecular formula is C9H15NO3S. The Labute approximate surface area is 88.1 Å². The molecule has 0 spiro atoms. The normalized spacial score (nSPS) is 10.9. The third-order valence-electron chi connectivity index (χ3n) is 1.25. The Balaban J connectivity index is 4.10. The van der Waals surface area contributed by atoms with E-state index in [1.807, 2.05) is 0 Å². The van der Waals surface area contributed by atoms with Crippen molar-refractivity contribution in [3.05, 3.63) is 11.1 Å². The van der Waals surface area contributed by atoms with Gasteiger partial charge in [-0.05, 0) is 13.8 Å². The van der Waals surface area contributed by atoms with Gasteiger partial charge in [-0.3, -0.25) is 4.79 Å². The number of Topliss-reactive ketones (excluding diaryl/α,β-unsaturated/α-hetero) is 1. The van der Waals surface area contributed by atoms with Gasteiger partial charge in [0.2, 0.25) is 0 Å². The van der Waals surface area contributed by atoms with Gasteiger partial charge in [-0.15, -0.1) is 11.8 Å². The highest BCUT2D eigenvalue weighted by atomic mass is 32.2. The van der Waals surface area contributed by atoms with E-state index < -0.39 is 5.97 Å². The van der Waals surface area contributed by atoms with E-state index in [4.69, 9.17) is 4.74 Å². The van der Waals surface area contributed by atoms with E-state index in [1.165, 1.54) is 18.7 Å². The van der Waals surface area contributed by atoms with Gasteiger partial charge in [0.25, 0.3) is 0 Å². The van der Waals surface area contributed by atoms with Gasteiger partial charge < -0.3 is 10.1 Å². The smallest absolute Gasteiger partial charge is 0.354 e. The van der Waals surface area contributed by atoms with Crippen LogP contribution in [0, 0.1) is 0 Å². The fourth-order valence-corrected chi connectivity index (χ4v) is 1.36. The van der Waals surface area contributed by atoms with Crippen molar-refractivity contribution in [3.63, 3.8) is 0 Å². The average molecular weight is 217 g/mol. The summed E-state index contributed by atoms with van der Waals surface area (Å²) in [5, 5.41) is 4.31. The minimum Gasteiger partial charge on any atom is -0.461 e. The molecule has 1 N–H and O–H groups in total. The number of ketones is 1. The van der Waals surface area contributed by atoms with Gasteiger partial charge >= 0.3 is 5.97 Å². The van der Waals surface area contributed by atoms with Crippen LogP contribution in [0.5, 0.6) is 0 Å². The molecule has 5 heteroatoms. The standard InChI is InChI=1S/C9H15NO3S/c1-4-13-9(12)8(10-3)6-14-5-7(2)11/h6,10H,4-5H2,1-3H3/b8-6-. The summed E-state index contributed by atoms with van der Waals surface area (Å²) in [4.78, 5) is 21.8. The lowest BCUT2D eigenvalue weighted by atomic mass is 10.5. The van der Waals surface area contributed by atoms with Crippen LogP contribution in [-0.4, -0.2) is 31.2 Å². The first-order valence-corrected chi connectivity index (χ1v) is 5.32. The van der Waals surface area contributed by atoms with E-state index in [-0.39, 0.29) is 5.78 Å². The van der Waals surface area contributed by atoms with Crippen molar-refractivity contribution in [2.45, 2.75) is 13.8 Å². The summed E-state index contributed by atoms with van der Waals surface area (Å²) >= 11 is 1.27. The molecule has 0 saturated heterocycles. The predicted molar refractivity (Wildman–Crippen MR) is 56.9 cm³/mol. The quantitative estimate of drug-likeness (QED) is 0.530. The molecule has 0 atom stereocenters. The van der Waals surface area contributed by atoms with Gasteiger partial charge in [-0.25, -0.2) is 4.79 Å². The zero-order chi connectivity index (χ0) is 11.0. The zero-order valence-corrected chi connectivity index (χ0v) is 9.44. The number of rotatable bonds is 6. The molecule has 0 saturated carbocycles. The highest BCUT2D eigenvalue weighted by Gasteiger charge is 2.07. The molecule has 0 heterocycles. The topological polar surface area (TPSA) is 55.4 Å². The van der Waals surface area contributed by atoms with Crippen molar-refractivity contribution in [3.8, 4) is 0 Å². The lowest BCUT2D eigenvalue weighted by Crippen LogP contribution is -2.18. The van der Waals surface area contributed by atoms with Gasteiger partial charge in [0.05, 0.1) is 12.4 Å². The average Bonchev–Trinajstić information content (AvgIpc) is 2.12. The second-order valence-electron chi connectivity index (χ2n) is 2.52. The predicted octanol–water partition coefficient (Wildman–Crippen LogP) is 0.933. The molecule has 0 unspecified atom stereocenters. The maximum Gasteiger partial charge on any atom is 0.354 e. The second kappa shape index (κ2) is 7.44. The Kier molecular flexibility index (Phi) is 6.92. The molecule has 0 aliphatic rings. The Bertz CT molecular complexity index is 238. The van der Waals surface area contributed by atoms with Crippen LogP contribution in [0.3, 0.4) is 0 Å². The Morgan fingerprint density at radius 2 is 2.14 bits per heavy atom. The number of nitrogens with one attached hydrogen (secondary N) is 1. The number of carbonyl (C=O) groups is 2. The summed E-state index contributed by atoms with van der Waals surface area (Å²) in [6.45, 7) is 3.59. The van der Waals surface area contributed by atoms with Gasteiger partial charge in [-0.2, -0.15) is 0 Å².